The van der Waals surface area contributed by atoms with Gasteiger partial charge < -0.3 is 0 Å². The van der Waals surface area contributed by atoms with Gasteiger partial charge in [-0.3, -0.25) is 0 Å². The molecule has 2 atom stereocenters. The summed E-state index contributed by atoms with van der Waals surface area (Å²) in [5, 5.41) is 0.341. The molecule has 0 aromatic heterocycles. The zero-order chi connectivity index (χ0) is 6.85. The molecule has 0 N–H and O–H groups in total. The quantitative estimate of drug-likeness (QED) is 0.400. The van der Waals surface area contributed by atoms with Crippen LogP contribution in [0.3, 0.4) is 0 Å². The number of hydrogen-bond donors (Lipinski definition) is 0. The number of hydrogen-bond acceptors (Lipinski definition) is 0. The van der Waals surface area contributed by atoms with Crippen molar-refractivity contribution in [3.05, 3.63) is 23.3 Å². The maximum absolute atomic E-state index is 5.69. The molecule has 0 nitrogen and oxygen atoms in total. The smallest absolute Gasteiger partial charge is 0.0870 e. The molecule has 0 aliphatic heterocycles. The second-order valence-electron chi connectivity index (χ2n) is 1.78. The first-order chi connectivity index (χ1) is 4.20. The van der Waals surface area contributed by atoms with Crippen LogP contribution in [-0.4, -0.2) is 10.8 Å². The number of rotatable bonds is 0. The largest absolute Gasteiger partial charge is 0.114 e. The topological polar surface area (TPSA) is 0 Å². The summed E-state index contributed by atoms with van der Waals surface area (Å²) < 4.78 is 0. The average Bonchev–Trinajstić information content (AvgIpc) is 1.80. The lowest BCUT2D eigenvalue weighted by atomic mass is 10.2. The van der Waals surface area contributed by atoms with E-state index in [9.17, 15) is 0 Å². The summed E-state index contributed by atoms with van der Waals surface area (Å²) in [7, 11) is 0. The van der Waals surface area contributed by atoms with Crippen molar-refractivity contribution in [1.82, 2.24) is 0 Å². The third-order valence-electron chi connectivity index (χ3n) is 1.05. The number of halogens is 3. The highest BCUT2D eigenvalue weighted by Gasteiger charge is 2.11. The molecule has 2 unspecified atom stereocenters. The summed E-state index contributed by atoms with van der Waals surface area (Å²) in [6.07, 6.45) is 5.31. The summed E-state index contributed by atoms with van der Waals surface area (Å²) in [5.74, 6) is 0. The molecule has 50 valence electrons. The molecule has 0 spiro atoms. The average molecular weight is 183 g/mol. The Bertz CT molecular complexity index is 160. The minimum atomic E-state index is -0.179. The van der Waals surface area contributed by atoms with E-state index in [-0.39, 0.29) is 10.8 Å². The van der Waals surface area contributed by atoms with Crippen molar-refractivity contribution >= 4 is 34.8 Å². The van der Waals surface area contributed by atoms with Crippen molar-refractivity contribution < 1.29 is 0 Å². The van der Waals surface area contributed by atoms with E-state index >= 15 is 0 Å². The highest BCUT2D eigenvalue weighted by molar-refractivity contribution is 6.39. The fourth-order valence-electron chi connectivity index (χ4n) is 0.595. The van der Waals surface area contributed by atoms with Gasteiger partial charge in [-0.25, -0.2) is 0 Å². The molecule has 0 bridgehead atoms. The van der Waals surface area contributed by atoms with Crippen LogP contribution in [0.25, 0.3) is 0 Å². The third-order valence-corrected chi connectivity index (χ3v) is 2.17. The molecule has 0 amide bonds. The fraction of sp³-hybridized carbons (Fsp3) is 0.333. The molecule has 0 saturated carbocycles. The predicted molar refractivity (Wildman–Crippen MR) is 42.4 cm³/mol. The van der Waals surface area contributed by atoms with Gasteiger partial charge in [0.15, 0.2) is 0 Å². The van der Waals surface area contributed by atoms with Crippen molar-refractivity contribution in [3.8, 4) is 0 Å². The SMILES string of the molecule is ClC1=CC(Cl)C=CC1Cl. The third kappa shape index (κ3) is 1.89. The van der Waals surface area contributed by atoms with E-state index < -0.39 is 0 Å². The van der Waals surface area contributed by atoms with Gasteiger partial charge in [0.1, 0.15) is 0 Å². The predicted octanol–water partition coefficient (Wildman–Crippen LogP) is 2.89. The maximum Gasteiger partial charge on any atom is 0.0870 e. The van der Waals surface area contributed by atoms with E-state index in [0.717, 1.165) is 0 Å². The monoisotopic (exact) mass is 182 g/mol. The molecule has 0 radical (unpaired) electrons. The van der Waals surface area contributed by atoms with E-state index in [0.29, 0.717) is 5.03 Å². The van der Waals surface area contributed by atoms with Gasteiger partial charge >= 0.3 is 0 Å². The Morgan fingerprint density at radius 2 is 1.89 bits per heavy atom. The second kappa shape index (κ2) is 2.96. The summed E-state index contributed by atoms with van der Waals surface area (Å²) in [5.41, 5.74) is 0. The van der Waals surface area contributed by atoms with Gasteiger partial charge in [0.05, 0.1) is 10.8 Å². The highest BCUT2D eigenvalue weighted by atomic mass is 35.5. The Balaban J connectivity index is 2.70. The molecule has 0 aromatic carbocycles. The summed E-state index contributed by atoms with van der Waals surface area (Å²) >= 11 is 17.0. The molecular formula is C6H5Cl3. The molecule has 1 rings (SSSR count). The standard InChI is InChI=1S/C6H5Cl3/c7-4-1-2-5(8)6(9)3-4/h1-5H. The van der Waals surface area contributed by atoms with E-state index in [1.807, 2.05) is 6.08 Å². The van der Waals surface area contributed by atoms with Crippen molar-refractivity contribution in [1.29, 1.82) is 0 Å². The zero-order valence-corrected chi connectivity index (χ0v) is 6.79. The molecule has 1 aliphatic rings. The van der Waals surface area contributed by atoms with Crippen LogP contribution in [0.1, 0.15) is 0 Å². The lowest BCUT2D eigenvalue weighted by Crippen LogP contribution is -2.03. The van der Waals surface area contributed by atoms with Gasteiger partial charge in [-0.05, 0) is 6.08 Å². The summed E-state index contributed by atoms with van der Waals surface area (Å²) in [4.78, 5) is 0. The van der Waals surface area contributed by atoms with Crippen LogP contribution in [0, 0.1) is 0 Å². The lowest BCUT2D eigenvalue weighted by molar-refractivity contribution is 1.21. The first-order valence-corrected chi connectivity index (χ1v) is 3.79. The molecule has 1 aliphatic carbocycles. The Hall–Kier alpha value is 0.350. The van der Waals surface area contributed by atoms with Crippen molar-refractivity contribution in [2.45, 2.75) is 10.8 Å². The van der Waals surface area contributed by atoms with Crippen molar-refractivity contribution in [3.63, 3.8) is 0 Å². The Kier molecular flexibility index (Phi) is 2.45. The molecule has 0 aromatic rings. The van der Waals surface area contributed by atoms with E-state index in [1.54, 1.807) is 12.2 Å². The Morgan fingerprint density at radius 3 is 2.33 bits per heavy atom. The van der Waals surface area contributed by atoms with E-state index in [2.05, 4.69) is 0 Å². The molecule has 0 fully saturated rings. The van der Waals surface area contributed by atoms with Gasteiger partial charge in [0.2, 0.25) is 0 Å². The fourth-order valence-corrected chi connectivity index (χ4v) is 1.24. The molecule has 0 heterocycles. The van der Waals surface area contributed by atoms with Gasteiger partial charge in [0, 0.05) is 5.03 Å². The van der Waals surface area contributed by atoms with Crippen LogP contribution in [0.4, 0.5) is 0 Å². The minimum absolute atomic E-state index is 0.0903. The van der Waals surface area contributed by atoms with Crippen molar-refractivity contribution in [2.75, 3.05) is 0 Å². The number of allylic oxidation sites excluding steroid dienone is 4. The highest BCUT2D eigenvalue weighted by Crippen LogP contribution is 2.22. The van der Waals surface area contributed by atoms with Crippen LogP contribution in [0.2, 0.25) is 0 Å². The van der Waals surface area contributed by atoms with Crippen LogP contribution >= 0.6 is 34.8 Å². The van der Waals surface area contributed by atoms with Crippen molar-refractivity contribution in [2.24, 2.45) is 0 Å². The first kappa shape index (κ1) is 7.46. The van der Waals surface area contributed by atoms with Gasteiger partial charge in [-0.2, -0.15) is 0 Å². The second-order valence-corrected chi connectivity index (χ2v) is 3.19. The van der Waals surface area contributed by atoms with E-state index in [4.69, 9.17) is 34.8 Å². The summed E-state index contributed by atoms with van der Waals surface area (Å²) in [6, 6.07) is 0. The van der Waals surface area contributed by atoms with Crippen LogP contribution in [0.5, 0.6) is 0 Å². The molecule has 0 saturated heterocycles. The van der Waals surface area contributed by atoms with Gasteiger partial charge in [-0.15, -0.1) is 23.2 Å². The first-order valence-electron chi connectivity index (χ1n) is 2.54. The Morgan fingerprint density at radius 1 is 1.22 bits per heavy atom. The number of alkyl halides is 2. The molecular weight excluding hydrogens is 178 g/mol. The molecule has 3 heteroatoms. The van der Waals surface area contributed by atoms with Crippen LogP contribution < -0.4 is 0 Å². The van der Waals surface area contributed by atoms with Crippen LogP contribution in [-0.2, 0) is 0 Å². The Labute approximate surface area is 69.1 Å². The minimum Gasteiger partial charge on any atom is -0.114 e. The summed E-state index contributed by atoms with van der Waals surface area (Å²) in [6.45, 7) is 0. The zero-order valence-electron chi connectivity index (χ0n) is 4.52. The van der Waals surface area contributed by atoms with E-state index in [1.165, 1.54) is 0 Å². The lowest BCUT2D eigenvalue weighted by Gasteiger charge is -2.09. The van der Waals surface area contributed by atoms with Gasteiger partial charge in [-0.1, -0.05) is 23.8 Å². The van der Waals surface area contributed by atoms with Gasteiger partial charge in [0.25, 0.3) is 0 Å². The normalized spacial score (nSPS) is 34.3. The molecule has 9 heavy (non-hydrogen) atoms. The maximum atomic E-state index is 5.69. The van der Waals surface area contributed by atoms with Crippen LogP contribution in [0.15, 0.2) is 23.3 Å².